The molecule has 0 amide bonds. The maximum atomic E-state index is 11.3. The van der Waals surface area contributed by atoms with Gasteiger partial charge in [0.05, 0.1) is 6.61 Å². The molecule has 4 nitrogen and oxygen atoms in total. The Morgan fingerprint density at radius 1 is 1.40 bits per heavy atom. The lowest BCUT2D eigenvalue weighted by atomic mass is 9.98. The molecule has 0 fully saturated rings. The summed E-state index contributed by atoms with van der Waals surface area (Å²) in [7, 11) is 0. The summed E-state index contributed by atoms with van der Waals surface area (Å²) in [4.78, 5) is 11.3. The van der Waals surface area contributed by atoms with Gasteiger partial charge in [-0.25, -0.2) is 0 Å². The molecule has 0 saturated carbocycles. The minimum atomic E-state index is -0.925. The highest BCUT2D eigenvalue weighted by Gasteiger charge is 2.31. The van der Waals surface area contributed by atoms with Crippen LogP contribution in [0.1, 0.15) is 37.8 Å². The molecule has 1 atom stereocenters. The predicted molar refractivity (Wildman–Crippen MR) is 78.3 cm³/mol. The first-order valence-corrected chi connectivity index (χ1v) is 7.28. The second kappa shape index (κ2) is 6.27. The summed E-state index contributed by atoms with van der Waals surface area (Å²) < 4.78 is 5.72. The smallest absolute Gasteiger partial charge is 0.323 e. The first kappa shape index (κ1) is 14.9. The Kier molecular flexibility index (Phi) is 4.65. The molecule has 110 valence electrons. The largest absolute Gasteiger partial charge is 0.493 e. The highest BCUT2D eigenvalue weighted by molar-refractivity contribution is 5.78. The van der Waals surface area contributed by atoms with Crippen LogP contribution in [0.2, 0.25) is 0 Å². The molecule has 0 spiro atoms. The molecule has 1 aromatic carbocycles. The van der Waals surface area contributed by atoms with Crippen LogP contribution in [0.25, 0.3) is 0 Å². The molecular formula is C16H23NO3. The molecule has 4 heteroatoms. The molecule has 0 saturated heterocycles. The van der Waals surface area contributed by atoms with Crippen molar-refractivity contribution in [1.29, 1.82) is 0 Å². The number of aliphatic carboxylic acids is 1. The van der Waals surface area contributed by atoms with E-state index in [1.807, 2.05) is 13.0 Å². The van der Waals surface area contributed by atoms with Gasteiger partial charge in [0, 0.05) is 6.42 Å². The molecule has 20 heavy (non-hydrogen) atoms. The van der Waals surface area contributed by atoms with Gasteiger partial charge in [-0.05, 0) is 56.0 Å². The number of ether oxygens (including phenoxy) is 1. The molecule has 0 radical (unpaired) electrons. The molecule has 0 aromatic heterocycles. The summed E-state index contributed by atoms with van der Waals surface area (Å²) in [6.45, 7) is 4.63. The Morgan fingerprint density at radius 3 is 2.85 bits per heavy atom. The number of likely N-dealkylation sites (N-methyl/N-ethyl adjacent to an activating group) is 1. The van der Waals surface area contributed by atoms with E-state index in [2.05, 4.69) is 17.4 Å². The Hall–Kier alpha value is -1.55. The lowest BCUT2D eigenvalue weighted by molar-refractivity contribution is -0.144. The zero-order valence-corrected chi connectivity index (χ0v) is 12.2. The van der Waals surface area contributed by atoms with Crippen molar-refractivity contribution >= 4 is 5.97 Å². The molecule has 1 aliphatic rings. The van der Waals surface area contributed by atoms with Crippen LogP contribution in [0.5, 0.6) is 5.75 Å². The quantitative estimate of drug-likeness (QED) is 0.803. The Morgan fingerprint density at radius 2 is 2.15 bits per heavy atom. The van der Waals surface area contributed by atoms with Gasteiger partial charge >= 0.3 is 5.97 Å². The summed E-state index contributed by atoms with van der Waals surface area (Å²) in [6.07, 6.45) is 3.94. The van der Waals surface area contributed by atoms with Gasteiger partial charge in [-0.3, -0.25) is 4.79 Å². The minimum absolute atomic E-state index is 0.397. The van der Waals surface area contributed by atoms with Crippen LogP contribution < -0.4 is 10.1 Å². The van der Waals surface area contributed by atoms with Crippen LogP contribution in [0.3, 0.4) is 0 Å². The average Bonchev–Trinajstić information content (AvgIpc) is 2.86. The maximum absolute atomic E-state index is 11.3. The summed E-state index contributed by atoms with van der Waals surface area (Å²) in [5.74, 6) is 0.00629. The van der Waals surface area contributed by atoms with Crippen molar-refractivity contribution < 1.29 is 14.6 Å². The van der Waals surface area contributed by atoms with Crippen molar-refractivity contribution in [1.82, 2.24) is 5.32 Å². The van der Waals surface area contributed by atoms with Crippen molar-refractivity contribution in [2.24, 2.45) is 0 Å². The van der Waals surface area contributed by atoms with Gasteiger partial charge in [-0.1, -0.05) is 13.0 Å². The Bertz CT molecular complexity index is 487. The SMILES string of the molecule is CCNC(C)(CCOc1ccc2c(c1)CCC2)C(=O)O. The number of hydrogen-bond acceptors (Lipinski definition) is 3. The van der Waals surface area contributed by atoms with Crippen molar-refractivity contribution in [2.75, 3.05) is 13.2 Å². The van der Waals surface area contributed by atoms with E-state index in [-0.39, 0.29) is 0 Å². The number of rotatable bonds is 7. The van der Waals surface area contributed by atoms with Gasteiger partial charge in [0.1, 0.15) is 11.3 Å². The van der Waals surface area contributed by atoms with Gasteiger partial charge in [-0.15, -0.1) is 0 Å². The van der Waals surface area contributed by atoms with Gasteiger partial charge in [0.25, 0.3) is 0 Å². The van der Waals surface area contributed by atoms with E-state index in [4.69, 9.17) is 4.74 Å². The fourth-order valence-electron chi connectivity index (χ4n) is 2.67. The molecular weight excluding hydrogens is 254 g/mol. The Labute approximate surface area is 120 Å². The number of aryl methyl sites for hydroxylation is 2. The van der Waals surface area contributed by atoms with E-state index >= 15 is 0 Å². The molecule has 1 aliphatic carbocycles. The van der Waals surface area contributed by atoms with Crippen molar-refractivity contribution in [2.45, 2.75) is 45.1 Å². The number of hydrogen-bond donors (Lipinski definition) is 2. The number of benzene rings is 1. The monoisotopic (exact) mass is 277 g/mol. The molecule has 1 unspecified atom stereocenters. The molecule has 2 rings (SSSR count). The van der Waals surface area contributed by atoms with Crippen LogP contribution in [0, 0.1) is 0 Å². The van der Waals surface area contributed by atoms with Crippen LogP contribution in [-0.4, -0.2) is 29.8 Å². The fraction of sp³-hybridized carbons (Fsp3) is 0.562. The van der Waals surface area contributed by atoms with E-state index in [0.29, 0.717) is 19.6 Å². The highest BCUT2D eigenvalue weighted by Crippen LogP contribution is 2.26. The summed E-state index contributed by atoms with van der Waals surface area (Å²) in [5.41, 5.74) is 1.86. The van der Waals surface area contributed by atoms with Crippen molar-refractivity contribution in [3.63, 3.8) is 0 Å². The van der Waals surface area contributed by atoms with Crippen LogP contribution in [0.4, 0.5) is 0 Å². The van der Waals surface area contributed by atoms with E-state index in [1.165, 1.54) is 17.5 Å². The second-order valence-corrected chi connectivity index (χ2v) is 5.55. The number of nitrogens with one attached hydrogen (secondary N) is 1. The summed E-state index contributed by atoms with van der Waals surface area (Å²) in [5, 5.41) is 12.3. The summed E-state index contributed by atoms with van der Waals surface area (Å²) >= 11 is 0. The highest BCUT2D eigenvalue weighted by atomic mass is 16.5. The second-order valence-electron chi connectivity index (χ2n) is 5.55. The Balaban J connectivity index is 1.90. The average molecular weight is 277 g/mol. The number of carbonyl (C=O) groups is 1. The predicted octanol–water partition coefficient (Wildman–Crippen LogP) is 2.40. The lowest BCUT2D eigenvalue weighted by Gasteiger charge is -2.25. The van der Waals surface area contributed by atoms with Crippen molar-refractivity contribution in [3.05, 3.63) is 29.3 Å². The van der Waals surface area contributed by atoms with Crippen molar-refractivity contribution in [3.8, 4) is 5.75 Å². The van der Waals surface area contributed by atoms with Gasteiger partial charge in [0.15, 0.2) is 0 Å². The zero-order valence-electron chi connectivity index (χ0n) is 12.2. The maximum Gasteiger partial charge on any atom is 0.323 e. The van der Waals surface area contributed by atoms with E-state index in [1.54, 1.807) is 6.92 Å². The van der Waals surface area contributed by atoms with Crippen LogP contribution in [0.15, 0.2) is 18.2 Å². The molecule has 2 N–H and O–H groups in total. The van der Waals surface area contributed by atoms with E-state index in [0.717, 1.165) is 18.6 Å². The van der Waals surface area contributed by atoms with Gasteiger partial charge in [0.2, 0.25) is 0 Å². The lowest BCUT2D eigenvalue weighted by Crippen LogP contribution is -2.50. The third kappa shape index (κ3) is 3.31. The van der Waals surface area contributed by atoms with E-state index in [9.17, 15) is 9.90 Å². The topological polar surface area (TPSA) is 58.6 Å². The zero-order chi connectivity index (χ0) is 14.6. The van der Waals surface area contributed by atoms with Gasteiger partial charge in [-0.2, -0.15) is 0 Å². The summed E-state index contributed by atoms with van der Waals surface area (Å²) in [6, 6.07) is 6.20. The molecule has 0 bridgehead atoms. The molecule has 1 aromatic rings. The molecule has 0 aliphatic heterocycles. The normalized spacial score (nSPS) is 16.5. The third-order valence-electron chi connectivity index (χ3n) is 3.98. The molecule has 0 heterocycles. The first-order valence-electron chi connectivity index (χ1n) is 7.28. The number of carboxylic acid groups (broad SMARTS) is 1. The minimum Gasteiger partial charge on any atom is -0.493 e. The standard InChI is InChI=1S/C16H23NO3/c1-3-17-16(2,15(18)19)9-10-20-14-8-7-12-5-4-6-13(12)11-14/h7-8,11,17H,3-6,9-10H2,1-2H3,(H,18,19). The number of fused-ring (bicyclic) bond motifs is 1. The van der Waals surface area contributed by atoms with Crippen LogP contribution >= 0.6 is 0 Å². The third-order valence-corrected chi connectivity index (χ3v) is 3.98. The van der Waals surface area contributed by atoms with Gasteiger partial charge < -0.3 is 15.2 Å². The van der Waals surface area contributed by atoms with E-state index < -0.39 is 11.5 Å². The number of carboxylic acids is 1. The first-order chi connectivity index (χ1) is 9.55. The van der Waals surface area contributed by atoms with Crippen LogP contribution in [-0.2, 0) is 17.6 Å². The fourth-order valence-corrected chi connectivity index (χ4v) is 2.67.